The van der Waals surface area contributed by atoms with Crippen molar-refractivity contribution in [2.45, 2.75) is 19.0 Å². The Labute approximate surface area is 211 Å². The van der Waals surface area contributed by atoms with Crippen LogP contribution in [0, 0.1) is 0 Å². The zero-order valence-corrected chi connectivity index (χ0v) is 21.0. The molecule has 3 rings (SSSR count). The molecule has 0 fully saturated rings. The van der Waals surface area contributed by atoms with Crippen molar-refractivity contribution in [1.82, 2.24) is 10.2 Å². The first kappa shape index (κ1) is 25.1. The number of halogens is 3. The Hall–Kier alpha value is -2.54. The fourth-order valence-electron chi connectivity index (χ4n) is 3.31. The average molecular weight is 550 g/mol. The van der Waals surface area contributed by atoms with Gasteiger partial charge in [0.25, 0.3) is 5.91 Å². The largest absolute Gasteiger partial charge is 0.484 e. The molecule has 33 heavy (non-hydrogen) atoms. The van der Waals surface area contributed by atoms with E-state index >= 15 is 0 Å². The van der Waals surface area contributed by atoms with E-state index in [1.807, 2.05) is 42.5 Å². The number of hydrogen-bond donors (Lipinski definition) is 1. The van der Waals surface area contributed by atoms with Gasteiger partial charge in [-0.05, 0) is 47.5 Å². The molecule has 0 radical (unpaired) electrons. The van der Waals surface area contributed by atoms with E-state index < -0.39 is 6.04 Å². The molecule has 0 saturated heterocycles. The van der Waals surface area contributed by atoms with Gasteiger partial charge in [-0.1, -0.05) is 75.5 Å². The Kier molecular flexibility index (Phi) is 9.18. The lowest BCUT2D eigenvalue weighted by atomic mass is 10.0. The SMILES string of the molecule is CNC(=O)[C@@H](Cc1ccccc1)N(Cc1ccc(Cl)cc1Cl)C(=O)COc1ccc(Br)cc1. The van der Waals surface area contributed by atoms with E-state index in [0.717, 1.165) is 10.0 Å². The van der Waals surface area contributed by atoms with Gasteiger partial charge in [0, 0.05) is 34.5 Å². The van der Waals surface area contributed by atoms with Crippen LogP contribution in [0.15, 0.2) is 77.3 Å². The topological polar surface area (TPSA) is 58.6 Å². The highest BCUT2D eigenvalue weighted by atomic mass is 79.9. The van der Waals surface area contributed by atoms with E-state index in [1.165, 1.54) is 4.90 Å². The summed E-state index contributed by atoms with van der Waals surface area (Å²) in [5.74, 6) is -0.0648. The number of carbonyl (C=O) groups excluding carboxylic acids is 2. The van der Waals surface area contributed by atoms with Crippen molar-refractivity contribution in [1.29, 1.82) is 0 Å². The molecule has 3 aromatic rings. The van der Waals surface area contributed by atoms with Crippen LogP contribution in [0.4, 0.5) is 0 Å². The Bertz CT molecular complexity index is 1090. The van der Waals surface area contributed by atoms with E-state index in [-0.39, 0.29) is 25.0 Å². The normalized spacial score (nSPS) is 11.5. The highest BCUT2D eigenvalue weighted by Crippen LogP contribution is 2.24. The molecule has 0 aliphatic carbocycles. The molecule has 0 heterocycles. The first-order chi connectivity index (χ1) is 15.9. The van der Waals surface area contributed by atoms with Crippen molar-refractivity contribution in [3.63, 3.8) is 0 Å². The molecular weight excluding hydrogens is 527 g/mol. The van der Waals surface area contributed by atoms with Crippen LogP contribution in [0.5, 0.6) is 5.75 Å². The standard InChI is InChI=1S/C25H23BrCl2N2O3/c1-29-25(32)23(13-17-5-3-2-4-6-17)30(15-18-7-10-20(27)14-22(18)28)24(31)16-33-21-11-8-19(26)9-12-21/h2-12,14,23H,13,15-16H2,1H3,(H,29,32)/t23-/m1/s1. The van der Waals surface area contributed by atoms with Crippen LogP contribution < -0.4 is 10.1 Å². The highest BCUT2D eigenvalue weighted by molar-refractivity contribution is 9.10. The van der Waals surface area contributed by atoms with Gasteiger partial charge in [0.15, 0.2) is 6.61 Å². The third kappa shape index (κ3) is 7.22. The van der Waals surface area contributed by atoms with E-state index in [9.17, 15) is 9.59 Å². The molecule has 0 aliphatic rings. The summed E-state index contributed by atoms with van der Waals surface area (Å²) in [4.78, 5) is 27.8. The zero-order chi connectivity index (χ0) is 23.8. The van der Waals surface area contributed by atoms with Crippen molar-refractivity contribution in [3.8, 4) is 5.75 Å². The van der Waals surface area contributed by atoms with Gasteiger partial charge >= 0.3 is 0 Å². The average Bonchev–Trinajstić information content (AvgIpc) is 2.82. The van der Waals surface area contributed by atoms with Crippen LogP contribution in [-0.4, -0.2) is 36.4 Å². The number of hydrogen-bond acceptors (Lipinski definition) is 3. The van der Waals surface area contributed by atoms with Crippen LogP contribution in [0.2, 0.25) is 10.0 Å². The minimum absolute atomic E-state index is 0.128. The number of rotatable bonds is 9. The lowest BCUT2D eigenvalue weighted by molar-refractivity contribution is -0.142. The molecule has 0 bridgehead atoms. The summed E-state index contributed by atoms with van der Waals surface area (Å²) in [5.41, 5.74) is 1.61. The van der Waals surface area contributed by atoms with Crippen molar-refractivity contribution < 1.29 is 14.3 Å². The van der Waals surface area contributed by atoms with Gasteiger partial charge in [0.2, 0.25) is 5.91 Å². The van der Waals surface area contributed by atoms with Gasteiger partial charge < -0.3 is 15.0 Å². The predicted molar refractivity (Wildman–Crippen MR) is 135 cm³/mol. The van der Waals surface area contributed by atoms with Gasteiger partial charge in [-0.15, -0.1) is 0 Å². The zero-order valence-electron chi connectivity index (χ0n) is 17.9. The summed E-state index contributed by atoms with van der Waals surface area (Å²) in [6.45, 7) is -0.0986. The molecular formula is C25H23BrCl2N2O3. The molecule has 0 aromatic heterocycles. The smallest absolute Gasteiger partial charge is 0.261 e. The molecule has 3 aromatic carbocycles. The van der Waals surface area contributed by atoms with Crippen LogP contribution in [-0.2, 0) is 22.6 Å². The first-order valence-corrected chi connectivity index (χ1v) is 11.8. The molecule has 5 nitrogen and oxygen atoms in total. The number of benzene rings is 3. The maximum Gasteiger partial charge on any atom is 0.261 e. The second-order valence-electron chi connectivity index (χ2n) is 7.32. The van der Waals surface area contributed by atoms with Crippen LogP contribution in [0.3, 0.4) is 0 Å². The number of nitrogens with zero attached hydrogens (tertiary/aromatic N) is 1. The number of likely N-dealkylation sites (N-methyl/N-ethyl adjacent to an activating group) is 1. The third-order valence-electron chi connectivity index (χ3n) is 5.05. The number of amides is 2. The molecule has 0 unspecified atom stereocenters. The highest BCUT2D eigenvalue weighted by Gasteiger charge is 2.30. The van der Waals surface area contributed by atoms with Gasteiger partial charge in [-0.2, -0.15) is 0 Å². The molecule has 1 N–H and O–H groups in total. The number of carbonyl (C=O) groups is 2. The summed E-state index contributed by atoms with van der Waals surface area (Å²) in [7, 11) is 1.55. The van der Waals surface area contributed by atoms with Crippen LogP contribution in [0.1, 0.15) is 11.1 Å². The second-order valence-corrected chi connectivity index (χ2v) is 9.08. The Morgan fingerprint density at radius 3 is 2.36 bits per heavy atom. The van der Waals surface area contributed by atoms with Crippen LogP contribution >= 0.6 is 39.1 Å². The molecule has 1 atom stereocenters. The summed E-state index contributed by atoms with van der Waals surface area (Å²) < 4.78 is 6.61. The quantitative estimate of drug-likeness (QED) is 0.382. The molecule has 8 heteroatoms. The third-order valence-corrected chi connectivity index (χ3v) is 6.16. The molecule has 172 valence electrons. The minimum atomic E-state index is -0.759. The summed E-state index contributed by atoms with van der Waals surface area (Å²) in [6, 6.07) is 21.0. The predicted octanol–water partition coefficient (Wildman–Crippen LogP) is 5.52. The fourth-order valence-corrected chi connectivity index (χ4v) is 4.05. The summed E-state index contributed by atoms with van der Waals surface area (Å²) >= 11 is 15.8. The lowest BCUT2D eigenvalue weighted by Gasteiger charge is -2.31. The molecule has 0 saturated carbocycles. The van der Waals surface area contributed by atoms with Gasteiger partial charge in [-0.25, -0.2) is 0 Å². The summed E-state index contributed by atoms with van der Waals surface area (Å²) in [5, 5.41) is 3.59. The lowest BCUT2D eigenvalue weighted by Crippen LogP contribution is -2.51. The van der Waals surface area contributed by atoms with E-state index in [0.29, 0.717) is 27.8 Å². The fraction of sp³-hybridized carbons (Fsp3) is 0.200. The first-order valence-electron chi connectivity index (χ1n) is 10.2. The van der Waals surface area contributed by atoms with Gasteiger partial charge in [0.1, 0.15) is 11.8 Å². The van der Waals surface area contributed by atoms with Crippen LogP contribution in [0.25, 0.3) is 0 Å². The van der Waals surface area contributed by atoms with Crippen molar-refractivity contribution in [2.24, 2.45) is 0 Å². The van der Waals surface area contributed by atoms with Crippen molar-refractivity contribution in [3.05, 3.63) is 98.4 Å². The maximum atomic E-state index is 13.4. The molecule has 2 amide bonds. The monoisotopic (exact) mass is 548 g/mol. The maximum absolute atomic E-state index is 13.4. The van der Waals surface area contributed by atoms with Crippen molar-refractivity contribution >= 4 is 50.9 Å². The van der Waals surface area contributed by atoms with E-state index in [2.05, 4.69) is 21.2 Å². The Morgan fingerprint density at radius 2 is 1.73 bits per heavy atom. The molecule has 0 spiro atoms. The van der Waals surface area contributed by atoms with E-state index in [4.69, 9.17) is 27.9 Å². The van der Waals surface area contributed by atoms with Gasteiger partial charge in [0.05, 0.1) is 0 Å². The summed E-state index contributed by atoms with van der Waals surface area (Å²) in [6.07, 6.45) is 0.343. The number of ether oxygens (including phenoxy) is 1. The number of nitrogens with one attached hydrogen (secondary N) is 1. The van der Waals surface area contributed by atoms with E-state index in [1.54, 1.807) is 37.4 Å². The Morgan fingerprint density at radius 1 is 1.03 bits per heavy atom. The van der Waals surface area contributed by atoms with Gasteiger partial charge in [-0.3, -0.25) is 9.59 Å². The second kappa shape index (κ2) is 12.1. The molecule has 0 aliphatic heterocycles. The Balaban J connectivity index is 1.89. The van der Waals surface area contributed by atoms with Crippen molar-refractivity contribution in [2.75, 3.05) is 13.7 Å². The minimum Gasteiger partial charge on any atom is -0.484 e.